The smallest absolute Gasteiger partial charge is 0.142 e. The second-order valence-corrected chi connectivity index (χ2v) is 7.69. The third-order valence-corrected chi connectivity index (χ3v) is 5.75. The molecule has 1 atom stereocenters. The molecule has 2 N–H and O–H groups in total. The van der Waals surface area contributed by atoms with Gasteiger partial charge in [-0.05, 0) is 38.1 Å². The zero-order chi connectivity index (χ0) is 19.7. The average molecular weight is 380 g/mol. The van der Waals surface area contributed by atoms with Gasteiger partial charge in [0.15, 0.2) is 0 Å². The van der Waals surface area contributed by atoms with Crippen molar-refractivity contribution < 1.29 is 9.84 Å². The number of β-amino-alcohol motifs (C(OH)–C–C–N with tert-alkyl or cyclic N) is 1. The van der Waals surface area contributed by atoms with Crippen LogP contribution in [0.3, 0.4) is 0 Å². The van der Waals surface area contributed by atoms with Crippen LogP contribution in [0.1, 0.15) is 22.9 Å². The molecule has 2 aromatic carbocycles. The van der Waals surface area contributed by atoms with Crippen LogP contribution in [-0.4, -0.2) is 54.8 Å². The molecule has 0 aliphatic carbocycles. The number of fused-ring (bicyclic) bond motifs is 1. The number of ether oxygens (including phenoxy) is 1. The Morgan fingerprint density at radius 2 is 1.82 bits per heavy atom. The highest BCUT2D eigenvalue weighted by Gasteiger charge is 2.24. The molecule has 28 heavy (non-hydrogen) atoms. The van der Waals surface area contributed by atoms with E-state index in [1.165, 1.54) is 5.56 Å². The highest BCUT2D eigenvalue weighted by atomic mass is 16.5. The maximum absolute atomic E-state index is 11.0. The number of benzene rings is 2. The SMILES string of the molecule is COc1ccccc1N1CCN(CC(O)c2c(C)[nH]c3ccc(C)cc23)CC1. The van der Waals surface area contributed by atoms with Crippen molar-refractivity contribution in [2.45, 2.75) is 20.0 Å². The summed E-state index contributed by atoms with van der Waals surface area (Å²) in [5.74, 6) is 0.917. The van der Waals surface area contributed by atoms with Gasteiger partial charge < -0.3 is 19.7 Å². The zero-order valence-corrected chi connectivity index (χ0v) is 16.9. The summed E-state index contributed by atoms with van der Waals surface area (Å²) in [4.78, 5) is 8.13. The van der Waals surface area contributed by atoms with Gasteiger partial charge in [-0.25, -0.2) is 0 Å². The van der Waals surface area contributed by atoms with E-state index >= 15 is 0 Å². The lowest BCUT2D eigenvalue weighted by Crippen LogP contribution is -2.47. The van der Waals surface area contributed by atoms with E-state index in [1.54, 1.807) is 7.11 Å². The average Bonchev–Trinajstić information content (AvgIpc) is 3.03. The second-order valence-electron chi connectivity index (χ2n) is 7.69. The molecule has 5 heteroatoms. The van der Waals surface area contributed by atoms with Crippen LogP contribution in [0.5, 0.6) is 5.75 Å². The molecule has 0 radical (unpaired) electrons. The molecule has 0 amide bonds. The highest BCUT2D eigenvalue weighted by Crippen LogP contribution is 2.31. The molecule has 2 heterocycles. The molecule has 4 rings (SSSR count). The van der Waals surface area contributed by atoms with Crippen molar-refractivity contribution in [3.63, 3.8) is 0 Å². The molecular formula is C23H29N3O2. The third-order valence-electron chi connectivity index (χ3n) is 5.75. The largest absolute Gasteiger partial charge is 0.495 e. The van der Waals surface area contributed by atoms with Gasteiger partial charge >= 0.3 is 0 Å². The van der Waals surface area contributed by atoms with Gasteiger partial charge in [-0.1, -0.05) is 23.8 Å². The molecule has 1 fully saturated rings. The lowest BCUT2D eigenvalue weighted by molar-refractivity contribution is 0.110. The maximum Gasteiger partial charge on any atom is 0.142 e. The Morgan fingerprint density at radius 3 is 2.57 bits per heavy atom. The number of para-hydroxylation sites is 2. The minimum absolute atomic E-state index is 0.492. The van der Waals surface area contributed by atoms with Gasteiger partial charge in [0, 0.05) is 54.9 Å². The Balaban J connectivity index is 1.44. The molecule has 3 aromatic rings. The van der Waals surface area contributed by atoms with Crippen molar-refractivity contribution in [1.29, 1.82) is 0 Å². The Morgan fingerprint density at radius 1 is 1.07 bits per heavy atom. The van der Waals surface area contributed by atoms with E-state index < -0.39 is 6.10 Å². The summed E-state index contributed by atoms with van der Waals surface area (Å²) < 4.78 is 5.50. The van der Waals surface area contributed by atoms with Crippen molar-refractivity contribution >= 4 is 16.6 Å². The molecule has 1 aliphatic heterocycles. The maximum atomic E-state index is 11.0. The summed E-state index contributed by atoms with van der Waals surface area (Å²) >= 11 is 0. The normalized spacial score (nSPS) is 16.5. The first kappa shape index (κ1) is 18.8. The van der Waals surface area contributed by atoms with Gasteiger partial charge in [0.1, 0.15) is 5.75 Å². The number of aliphatic hydroxyl groups is 1. The van der Waals surface area contributed by atoms with Crippen LogP contribution >= 0.6 is 0 Å². The van der Waals surface area contributed by atoms with Crippen LogP contribution in [-0.2, 0) is 0 Å². The number of piperazine rings is 1. The third kappa shape index (κ3) is 3.60. The van der Waals surface area contributed by atoms with Crippen LogP contribution in [0.2, 0.25) is 0 Å². The van der Waals surface area contributed by atoms with Crippen LogP contribution in [0.25, 0.3) is 10.9 Å². The number of H-pyrrole nitrogens is 1. The summed E-state index contributed by atoms with van der Waals surface area (Å²) in [6.07, 6.45) is -0.492. The number of aliphatic hydroxyl groups excluding tert-OH is 1. The van der Waals surface area contributed by atoms with Gasteiger partial charge in [0.25, 0.3) is 0 Å². The minimum atomic E-state index is -0.492. The van der Waals surface area contributed by atoms with Gasteiger partial charge in [0.05, 0.1) is 18.9 Å². The first-order valence-corrected chi connectivity index (χ1v) is 9.94. The molecule has 148 valence electrons. The molecule has 1 unspecified atom stereocenters. The Kier molecular flexibility index (Phi) is 5.29. The number of aromatic nitrogens is 1. The summed E-state index contributed by atoms with van der Waals surface area (Å²) in [5.41, 5.74) is 5.54. The van der Waals surface area contributed by atoms with Crippen molar-refractivity contribution in [2.24, 2.45) is 0 Å². The number of nitrogens with zero attached hydrogens (tertiary/aromatic N) is 2. The molecule has 1 saturated heterocycles. The fraction of sp³-hybridized carbons (Fsp3) is 0.391. The molecule has 1 aliphatic rings. The first-order chi connectivity index (χ1) is 13.6. The molecule has 0 spiro atoms. The number of anilines is 1. The lowest BCUT2D eigenvalue weighted by Gasteiger charge is -2.37. The molecule has 5 nitrogen and oxygen atoms in total. The van der Waals surface area contributed by atoms with Crippen LogP contribution in [0, 0.1) is 13.8 Å². The topological polar surface area (TPSA) is 51.7 Å². The predicted molar refractivity (Wildman–Crippen MR) is 114 cm³/mol. The number of aryl methyl sites for hydroxylation is 2. The van der Waals surface area contributed by atoms with Crippen molar-refractivity contribution in [1.82, 2.24) is 9.88 Å². The van der Waals surface area contributed by atoms with Gasteiger partial charge in [-0.3, -0.25) is 4.90 Å². The molecule has 1 aromatic heterocycles. The van der Waals surface area contributed by atoms with Crippen molar-refractivity contribution in [3.8, 4) is 5.75 Å². The molecule has 0 saturated carbocycles. The quantitative estimate of drug-likeness (QED) is 0.711. The number of aromatic amines is 1. The number of nitrogens with one attached hydrogen (secondary N) is 1. The monoisotopic (exact) mass is 379 g/mol. The summed E-state index contributed by atoms with van der Waals surface area (Å²) in [7, 11) is 1.72. The van der Waals surface area contributed by atoms with E-state index in [1.807, 2.05) is 19.1 Å². The number of hydrogen-bond donors (Lipinski definition) is 2. The van der Waals surface area contributed by atoms with Gasteiger partial charge in [-0.15, -0.1) is 0 Å². The molecular weight excluding hydrogens is 350 g/mol. The predicted octanol–water partition coefficient (Wildman–Crippen LogP) is 3.65. The number of methoxy groups -OCH3 is 1. The second kappa shape index (κ2) is 7.86. The number of rotatable bonds is 5. The first-order valence-electron chi connectivity index (χ1n) is 9.94. The van der Waals surface area contributed by atoms with Crippen molar-refractivity contribution in [2.75, 3.05) is 44.7 Å². The lowest BCUT2D eigenvalue weighted by atomic mass is 10.0. The van der Waals surface area contributed by atoms with E-state index in [0.717, 1.165) is 59.8 Å². The van der Waals surface area contributed by atoms with E-state index in [9.17, 15) is 5.11 Å². The summed E-state index contributed by atoms with van der Waals surface area (Å²) in [6, 6.07) is 14.5. The zero-order valence-electron chi connectivity index (χ0n) is 16.9. The molecule has 0 bridgehead atoms. The Hall–Kier alpha value is -2.50. The minimum Gasteiger partial charge on any atom is -0.495 e. The van der Waals surface area contributed by atoms with E-state index in [-0.39, 0.29) is 0 Å². The van der Waals surface area contributed by atoms with E-state index in [2.05, 4.69) is 52.0 Å². The fourth-order valence-electron chi connectivity index (χ4n) is 4.29. The highest BCUT2D eigenvalue weighted by molar-refractivity contribution is 5.85. The van der Waals surface area contributed by atoms with Crippen LogP contribution in [0.15, 0.2) is 42.5 Å². The van der Waals surface area contributed by atoms with Gasteiger partial charge in [0.2, 0.25) is 0 Å². The standard InChI is InChI=1S/C23H29N3O2/c1-16-8-9-19-18(14-16)23(17(2)24-19)21(27)15-25-10-12-26(13-11-25)20-6-4-5-7-22(20)28-3/h4-9,14,21,24,27H,10-13,15H2,1-3H3. The van der Waals surface area contributed by atoms with E-state index in [0.29, 0.717) is 6.54 Å². The van der Waals surface area contributed by atoms with Gasteiger partial charge in [-0.2, -0.15) is 0 Å². The number of hydrogen-bond acceptors (Lipinski definition) is 4. The summed E-state index contributed by atoms with van der Waals surface area (Å²) in [6.45, 7) is 8.51. The van der Waals surface area contributed by atoms with Crippen LogP contribution < -0.4 is 9.64 Å². The van der Waals surface area contributed by atoms with Crippen molar-refractivity contribution in [3.05, 3.63) is 59.3 Å². The fourth-order valence-corrected chi connectivity index (χ4v) is 4.29. The van der Waals surface area contributed by atoms with E-state index in [4.69, 9.17) is 4.74 Å². The Labute approximate surface area is 166 Å². The van der Waals surface area contributed by atoms with Crippen LogP contribution in [0.4, 0.5) is 5.69 Å². The Bertz CT molecular complexity index is 958. The summed E-state index contributed by atoms with van der Waals surface area (Å²) in [5, 5.41) is 12.1.